The molecule has 5 heteroatoms. The molecule has 0 spiro atoms. The van der Waals surface area contributed by atoms with E-state index in [2.05, 4.69) is 22.3 Å². The van der Waals surface area contributed by atoms with Crippen LogP contribution in [0.4, 0.5) is 4.79 Å². The predicted molar refractivity (Wildman–Crippen MR) is 93.8 cm³/mol. The van der Waals surface area contributed by atoms with Crippen LogP contribution >= 0.6 is 12.4 Å². The number of hydrogen-bond donors (Lipinski definition) is 1. The Kier molecular flexibility index (Phi) is 7.33. The minimum Gasteiger partial charge on any atom is -0.530 e. The van der Waals surface area contributed by atoms with Crippen LogP contribution in [-0.2, 0) is 0 Å². The molecule has 126 valence electrons. The minimum atomic E-state index is -1.23. The first-order valence-electron chi connectivity index (χ1n) is 7.57. The second kappa shape index (κ2) is 8.75. The summed E-state index contributed by atoms with van der Waals surface area (Å²) in [5.41, 5.74) is 0.489. The number of nitrogens with one attached hydrogen (secondary N) is 1. The van der Waals surface area contributed by atoms with Crippen molar-refractivity contribution in [3.05, 3.63) is 60.2 Å². The third kappa shape index (κ3) is 5.12. The molecule has 0 fully saturated rings. The fraction of sp³-hybridized carbons (Fsp3) is 0.389. The van der Waals surface area contributed by atoms with Crippen LogP contribution < -0.4 is 10.4 Å². The number of benzene rings is 1. The lowest BCUT2D eigenvalue weighted by molar-refractivity contribution is -0.252. The number of amides is 1. The van der Waals surface area contributed by atoms with Crippen molar-refractivity contribution in [1.82, 2.24) is 10.2 Å². The number of allylic oxidation sites excluding steroid dienone is 2. The van der Waals surface area contributed by atoms with E-state index in [1.54, 1.807) is 0 Å². The van der Waals surface area contributed by atoms with Crippen LogP contribution in [0.25, 0.3) is 0 Å². The van der Waals surface area contributed by atoms with Gasteiger partial charge >= 0.3 is 0 Å². The van der Waals surface area contributed by atoms with Gasteiger partial charge in [-0.25, -0.2) is 0 Å². The molecule has 0 heterocycles. The summed E-state index contributed by atoms with van der Waals surface area (Å²) >= 11 is 0. The first kappa shape index (κ1) is 19.3. The maximum absolute atomic E-state index is 11.3. The zero-order chi connectivity index (χ0) is 16.0. The van der Waals surface area contributed by atoms with Gasteiger partial charge < -0.3 is 20.1 Å². The predicted octanol–water partition coefficient (Wildman–Crippen LogP) is 2.33. The van der Waals surface area contributed by atoms with Gasteiger partial charge in [0.1, 0.15) is 6.09 Å². The number of hydrogen-bond acceptors (Lipinski definition) is 3. The summed E-state index contributed by atoms with van der Waals surface area (Å²) in [6, 6.07) is 10.1. The average Bonchev–Trinajstić information content (AvgIpc) is 2.48. The third-order valence-corrected chi connectivity index (χ3v) is 4.12. The Bertz CT molecular complexity index is 557. The zero-order valence-electron chi connectivity index (χ0n) is 13.6. The molecule has 1 N–H and O–H groups in total. The molecule has 0 radical (unpaired) electrons. The fourth-order valence-corrected chi connectivity index (χ4v) is 3.06. The molecule has 2 atom stereocenters. The molecule has 23 heavy (non-hydrogen) atoms. The molecule has 1 amide bonds. The van der Waals surface area contributed by atoms with Crippen molar-refractivity contribution in [3.63, 3.8) is 0 Å². The van der Waals surface area contributed by atoms with Crippen LogP contribution in [0, 0.1) is 0 Å². The summed E-state index contributed by atoms with van der Waals surface area (Å²) < 4.78 is 0. The topological polar surface area (TPSA) is 55.4 Å². The Morgan fingerprint density at radius 3 is 2.52 bits per heavy atom. The number of rotatable bonds is 6. The van der Waals surface area contributed by atoms with Crippen molar-refractivity contribution in [1.29, 1.82) is 0 Å². The van der Waals surface area contributed by atoms with Crippen LogP contribution in [0.3, 0.4) is 0 Å². The van der Waals surface area contributed by atoms with E-state index in [0.29, 0.717) is 6.42 Å². The minimum absolute atomic E-state index is 0. The SMILES string of the molecule is CN(C)CCC(c1ccccc1)C1(NC(=O)[O-])C=CC=CC1.Cl. The highest BCUT2D eigenvalue weighted by Gasteiger charge is 2.37. The van der Waals surface area contributed by atoms with Gasteiger partial charge in [0.05, 0.1) is 5.54 Å². The van der Waals surface area contributed by atoms with E-state index >= 15 is 0 Å². The first-order valence-corrected chi connectivity index (χ1v) is 7.57. The van der Waals surface area contributed by atoms with Gasteiger partial charge in [-0.1, -0.05) is 54.6 Å². The Morgan fingerprint density at radius 2 is 2.00 bits per heavy atom. The van der Waals surface area contributed by atoms with Crippen LogP contribution in [-0.4, -0.2) is 37.2 Å². The number of halogens is 1. The van der Waals surface area contributed by atoms with Crippen molar-refractivity contribution < 1.29 is 9.90 Å². The molecular formula is C18H24ClN2O2-. The fourth-order valence-electron chi connectivity index (χ4n) is 3.06. The lowest BCUT2D eigenvalue weighted by Gasteiger charge is -2.41. The van der Waals surface area contributed by atoms with E-state index in [-0.39, 0.29) is 18.3 Å². The van der Waals surface area contributed by atoms with Crippen molar-refractivity contribution in [2.75, 3.05) is 20.6 Å². The highest BCUT2D eigenvalue weighted by atomic mass is 35.5. The standard InChI is InChI=1S/C18H24N2O2.ClH/c1-20(2)14-11-16(15-9-5-3-6-10-15)18(19-17(21)22)12-7-4-8-13-18;/h3-10,12,16,19H,11,13-14H2,1-2H3,(H,21,22);1H/p-1. The monoisotopic (exact) mass is 335 g/mol. The van der Waals surface area contributed by atoms with Gasteiger partial charge in [-0.3, -0.25) is 0 Å². The molecule has 0 aliphatic heterocycles. The van der Waals surface area contributed by atoms with E-state index < -0.39 is 11.6 Å². The Labute approximate surface area is 144 Å². The molecular weight excluding hydrogens is 312 g/mol. The first-order chi connectivity index (χ1) is 10.5. The van der Waals surface area contributed by atoms with Gasteiger partial charge in [0, 0.05) is 5.92 Å². The van der Waals surface area contributed by atoms with Crippen molar-refractivity contribution >= 4 is 18.5 Å². The van der Waals surface area contributed by atoms with Crippen LogP contribution in [0.1, 0.15) is 24.3 Å². The second-order valence-electron chi connectivity index (χ2n) is 6.00. The van der Waals surface area contributed by atoms with Gasteiger partial charge in [0.15, 0.2) is 0 Å². The van der Waals surface area contributed by atoms with Crippen molar-refractivity contribution in [2.45, 2.75) is 24.3 Å². The Morgan fingerprint density at radius 1 is 1.30 bits per heavy atom. The van der Waals surface area contributed by atoms with Crippen molar-refractivity contribution in [2.24, 2.45) is 0 Å². The molecule has 2 unspecified atom stereocenters. The van der Waals surface area contributed by atoms with E-state index in [9.17, 15) is 9.90 Å². The van der Waals surface area contributed by atoms with E-state index in [0.717, 1.165) is 18.5 Å². The average molecular weight is 336 g/mol. The molecule has 1 aliphatic carbocycles. The largest absolute Gasteiger partial charge is 0.530 e. The Balaban J connectivity index is 0.00000264. The normalized spacial score (nSPS) is 20.8. The van der Waals surface area contributed by atoms with E-state index in [1.165, 1.54) is 0 Å². The third-order valence-electron chi connectivity index (χ3n) is 4.12. The molecule has 1 aromatic carbocycles. The van der Waals surface area contributed by atoms with E-state index in [1.807, 2.05) is 56.6 Å². The van der Waals surface area contributed by atoms with Gasteiger partial charge in [-0.15, -0.1) is 12.4 Å². The zero-order valence-corrected chi connectivity index (χ0v) is 14.4. The maximum Gasteiger partial charge on any atom is 0.134 e. The quantitative estimate of drug-likeness (QED) is 0.868. The molecule has 1 aromatic rings. The number of carboxylic acid groups (broad SMARTS) is 1. The lowest BCUT2D eigenvalue weighted by Crippen LogP contribution is -2.56. The molecule has 0 bridgehead atoms. The number of carbonyl (C=O) groups is 1. The van der Waals surface area contributed by atoms with Crippen LogP contribution in [0.2, 0.25) is 0 Å². The summed E-state index contributed by atoms with van der Waals surface area (Å²) in [6.07, 6.45) is 8.07. The molecule has 4 nitrogen and oxygen atoms in total. The highest BCUT2D eigenvalue weighted by Crippen LogP contribution is 2.37. The van der Waals surface area contributed by atoms with Crippen LogP contribution in [0.15, 0.2) is 54.6 Å². The van der Waals surface area contributed by atoms with Crippen LogP contribution in [0.5, 0.6) is 0 Å². The molecule has 2 rings (SSSR count). The highest BCUT2D eigenvalue weighted by molar-refractivity contribution is 5.85. The summed E-state index contributed by atoms with van der Waals surface area (Å²) in [4.78, 5) is 13.4. The smallest absolute Gasteiger partial charge is 0.134 e. The van der Waals surface area contributed by atoms with E-state index in [4.69, 9.17) is 0 Å². The molecule has 0 aromatic heterocycles. The van der Waals surface area contributed by atoms with Crippen molar-refractivity contribution in [3.8, 4) is 0 Å². The lowest BCUT2D eigenvalue weighted by atomic mass is 9.73. The maximum atomic E-state index is 11.3. The molecule has 0 saturated heterocycles. The Hall–Kier alpha value is -1.78. The van der Waals surface area contributed by atoms with Gasteiger partial charge in [-0.2, -0.15) is 0 Å². The number of carbonyl (C=O) groups excluding carboxylic acids is 1. The summed E-state index contributed by atoms with van der Waals surface area (Å²) in [6.45, 7) is 0.883. The molecule has 0 saturated carbocycles. The van der Waals surface area contributed by atoms with Gasteiger partial charge in [0.25, 0.3) is 0 Å². The molecule has 1 aliphatic rings. The summed E-state index contributed by atoms with van der Waals surface area (Å²) in [5, 5.41) is 13.9. The summed E-state index contributed by atoms with van der Waals surface area (Å²) in [5.74, 6) is 0.0511. The van der Waals surface area contributed by atoms with Gasteiger partial charge in [-0.05, 0) is 39.0 Å². The number of nitrogens with zero attached hydrogens (tertiary/aromatic N) is 1. The summed E-state index contributed by atoms with van der Waals surface area (Å²) in [7, 11) is 4.05. The van der Waals surface area contributed by atoms with Gasteiger partial charge in [0.2, 0.25) is 0 Å². The second-order valence-corrected chi connectivity index (χ2v) is 6.00.